The predicted molar refractivity (Wildman–Crippen MR) is 118 cm³/mol. The second-order valence-electron chi connectivity index (χ2n) is 7.44. The zero-order valence-corrected chi connectivity index (χ0v) is 18.0. The lowest BCUT2D eigenvalue weighted by molar-refractivity contribution is -0.137. The van der Waals surface area contributed by atoms with E-state index in [4.69, 9.17) is 11.5 Å². The number of ketones is 1. The summed E-state index contributed by atoms with van der Waals surface area (Å²) in [5.41, 5.74) is 11.4. The molecule has 6 N–H and O–H groups in total. The molecule has 10 nitrogen and oxygen atoms in total. The maximum Gasteiger partial charge on any atom is 0.243 e. The highest BCUT2D eigenvalue weighted by Crippen LogP contribution is 2.24. The van der Waals surface area contributed by atoms with Crippen molar-refractivity contribution in [3.05, 3.63) is 29.3 Å². The summed E-state index contributed by atoms with van der Waals surface area (Å²) < 4.78 is 0.873. The van der Waals surface area contributed by atoms with Crippen LogP contribution in [0.2, 0.25) is 0 Å². The predicted octanol–water partition coefficient (Wildman–Crippen LogP) is -0.000900. The van der Waals surface area contributed by atoms with E-state index < -0.39 is 24.1 Å². The first-order valence-electron chi connectivity index (χ1n) is 9.97. The summed E-state index contributed by atoms with van der Waals surface area (Å²) in [5.74, 6) is -1.14. The Bertz CT molecular complexity index is 969. The molecule has 3 rings (SSSR count). The molecule has 1 fully saturated rings. The Balaban J connectivity index is 1.78. The van der Waals surface area contributed by atoms with Gasteiger partial charge in [0.2, 0.25) is 17.6 Å². The number of carbonyl (C=O) groups excluding carboxylic acids is 3. The van der Waals surface area contributed by atoms with Crippen molar-refractivity contribution in [3.8, 4) is 0 Å². The van der Waals surface area contributed by atoms with E-state index in [2.05, 4.69) is 15.3 Å². The Labute approximate surface area is 183 Å². The molecule has 0 radical (unpaired) electrons. The maximum atomic E-state index is 13.2. The fraction of sp³-hybridized carbons (Fsp3) is 0.450. The number of para-hydroxylation sites is 1. The van der Waals surface area contributed by atoms with Gasteiger partial charge in [-0.2, -0.15) is 0 Å². The normalized spacial score (nSPS) is 19.2. The van der Waals surface area contributed by atoms with E-state index in [9.17, 15) is 19.5 Å². The molecule has 1 aromatic carbocycles. The lowest BCUT2D eigenvalue weighted by atomic mass is 10.1. The number of nitrogens with two attached hydrogens (primary N) is 2. The van der Waals surface area contributed by atoms with E-state index >= 15 is 0 Å². The number of aliphatic imine (C=N–C) groups is 1. The van der Waals surface area contributed by atoms with Gasteiger partial charge in [-0.1, -0.05) is 12.1 Å². The number of hydrogen-bond acceptors (Lipinski definition) is 7. The summed E-state index contributed by atoms with van der Waals surface area (Å²) in [6.07, 6.45) is 0.108. The molecule has 0 saturated carbocycles. The Morgan fingerprint density at radius 2 is 2.10 bits per heavy atom. The molecule has 1 saturated heterocycles. The van der Waals surface area contributed by atoms with Crippen molar-refractivity contribution in [2.24, 2.45) is 16.5 Å². The molecule has 0 spiro atoms. The summed E-state index contributed by atoms with van der Waals surface area (Å²) in [7, 11) is 0. The van der Waals surface area contributed by atoms with Gasteiger partial charge < -0.3 is 26.8 Å². The van der Waals surface area contributed by atoms with Crippen molar-refractivity contribution in [3.63, 3.8) is 0 Å². The van der Waals surface area contributed by atoms with E-state index in [0.29, 0.717) is 29.9 Å². The Kier molecular flexibility index (Phi) is 7.18. The monoisotopic (exact) mass is 446 g/mol. The van der Waals surface area contributed by atoms with Gasteiger partial charge in [0.25, 0.3) is 0 Å². The molecule has 1 aliphatic heterocycles. The van der Waals surface area contributed by atoms with E-state index in [-0.39, 0.29) is 30.6 Å². The summed E-state index contributed by atoms with van der Waals surface area (Å²) in [5, 5.41) is 13.0. The van der Waals surface area contributed by atoms with Crippen molar-refractivity contribution in [2.45, 2.75) is 44.4 Å². The van der Waals surface area contributed by atoms with Crippen LogP contribution in [0.5, 0.6) is 0 Å². The van der Waals surface area contributed by atoms with Gasteiger partial charge in [0.15, 0.2) is 11.0 Å². The van der Waals surface area contributed by atoms with Gasteiger partial charge in [0, 0.05) is 26.4 Å². The van der Waals surface area contributed by atoms with Crippen molar-refractivity contribution < 1.29 is 19.5 Å². The quantitative estimate of drug-likeness (QED) is 0.192. The first-order chi connectivity index (χ1) is 14.8. The number of rotatable bonds is 8. The van der Waals surface area contributed by atoms with Crippen molar-refractivity contribution in [2.75, 3.05) is 13.1 Å². The molecular weight excluding hydrogens is 420 g/mol. The number of Topliss-reactive ketones (excluding diaryl/α,β-unsaturated/α-hetero) is 1. The average Bonchev–Trinajstić information content (AvgIpc) is 3.33. The molecule has 166 valence electrons. The number of guanidine groups is 1. The topological polar surface area (TPSA) is 164 Å². The standard InChI is InChI=1S/C20H26N6O4S/c1-11(27)26-10-12(28)9-15(26)18(30)24-14(6-4-8-23-20(21)22)17(29)19-25-13-5-2-3-7-16(13)31-19/h2-3,5,7,12,14-15,28H,4,6,8-10H2,1H3,(H,24,30)(H4,21,22,23)/t12?,14-,15?/m0/s1. The van der Waals surface area contributed by atoms with Crippen LogP contribution >= 0.6 is 11.3 Å². The molecule has 11 heteroatoms. The van der Waals surface area contributed by atoms with Crippen molar-refractivity contribution >= 4 is 45.1 Å². The van der Waals surface area contributed by atoms with Crippen LogP contribution in [0.25, 0.3) is 10.2 Å². The Morgan fingerprint density at radius 1 is 1.35 bits per heavy atom. The number of thiazole rings is 1. The number of likely N-dealkylation sites (tertiary alicyclic amines) is 1. The number of amides is 2. The van der Waals surface area contributed by atoms with Gasteiger partial charge in [-0.25, -0.2) is 4.98 Å². The summed E-state index contributed by atoms with van der Waals surface area (Å²) >= 11 is 1.26. The van der Waals surface area contributed by atoms with Crippen LogP contribution < -0.4 is 16.8 Å². The highest BCUT2D eigenvalue weighted by molar-refractivity contribution is 7.20. The number of hydrogen-bond donors (Lipinski definition) is 4. The first-order valence-corrected chi connectivity index (χ1v) is 10.8. The minimum Gasteiger partial charge on any atom is -0.391 e. The SMILES string of the molecule is CC(=O)N1CC(O)CC1C(=O)N[C@@H](CCCN=C(N)N)C(=O)c1nc2ccccc2s1. The van der Waals surface area contributed by atoms with Crippen LogP contribution in [0, 0.1) is 0 Å². The molecule has 2 unspecified atom stereocenters. The minimum atomic E-state index is -0.853. The smallest absolute Gasteiger partial charge is 0.243 e. The first kappa shape index (κ1) is 22.6. The van der Waals surface area contributed by atoms with Gasteiger partial charge in [-0.05, 0) is 25.0 Å². The largest absolute Gasteiger partial charge is 0.391 e. The number of aliphatic hydroxyl groups is 1. The molecule has 1 aliphatic rings. The molecule has 31 heavy (non-hydrogen) atoms. The van der Waals surface area contributed by atoms with Crippen LogP contribution in [0.3, 0.4) is 0 Å². The Hall–Kier alpha value is -3.05. The van der Waals surface area contributed by atoms with E-state index in [0.717, 1.165) is 4.70 Å². The van der Waals surface area contributed by atoms with Crippen molar-refractivity contribution in [1.29, 1.82) is 0 Å². The molecule has 2 aromatic rings. The fourth-order valence-corrected chi connectivity index (χ4v) is 4.54. The fourth-order valence-electron chi connectivity index (χ4n) is 3.58. The summed E-state index contributed by atoms with van der Waals surface area (Å²) in [4.78, 5) is 47.6. The third kappa shape index (κ3) is 5.56. The number of aliphatic hydroxyl groups excluding tert-OH is 1. The molecule has 3 atom stereocenters. The summed E-state index contributed by atoms with van der Waals surface area (Å²) in [6, 6.07) is 5.72. The highest BCUT2D eigenvalue weighted by atomic mass is 32.1. The Morgan fingerprint density at radius 3 is 2.77 bits per heavy atom. The van der Waals surface area contributed by atoms with Crippen LogP contribution in [-0.2, 0) is 9.59 Å². The van der Waals surface area contributed by atoms with Crippen LogP contribution in [0.4, 0.5) is 0 Å². The van der Waals surface area contributed by atoms with Gasteiger partial charge in [0.1, 0.15) is 6.04 Å². The van der Waals surface area contributed by atoms with Crippen LogP contribution in [0.1, 0.15) is 36.0 Å². The zero-order valence-electron chi connectivity index (χ0n) is 17.2. The van der Waals surface area contributed by atoms with Crippen LogP contribution in [0.15, 0.2) is 29.3 Å². The lowest BCUT2D eigenvalue weighted by Crippen LogP contribution is -2.50. The third-order valence-electron chi connectivity index (χ3n) is 5.07. The second kappa shape index (κ2) is 9.84. The third-order valence-corrected chi connectivity index (χ3v) is 6.12. The van der Waals surface area contributed by atoms with E-state index in [1.807, 2.05) is 24.3 Å². The van der Waals surface area contributed by atoms with E-state index in [1.54, 1.807) is 0 Å². The minimum absolute atomic E-state index is 0.0462. The molecular formula is C20H26N6O4S. The van der Waals surface area contributed by atoms with Gasteiger partial charge in [-0.15, -0.1) is 11.3 Å². The number of nitrogens with one attached hydrogen (secondary N) is 1. The summed E-state index contributed by atoms with van der Waals surface area (Å²) in [6.45, 7) is 1.75. The molecule has 0 aliphatic carbocycles. The number of aromatic nitrogens is 1. The molecule has 0 bridgehead atoms. The number of benzene rings is 1. The van der Waals surface area contributed by atoms with Crippen molar-refractivity contribution in [1.82, 2.24) is 15.2 Å². The zero-order chi connectivity index (χ0) is 22.5. The number of carbonyl (C=O) groups is 3. The van der Waals surface area contributed by atoms with Gasteiger partial charge in [-0.3, -0.25) is 19.4 Å². The van der Waals surface area contributed by atoms with Gasteiger partial charge in [0.05, 0.1) is 22.4 Å². The highest BCUT2D eigenvalue weighted by Gasteiger charge is 2.39. The van der Waals surface area contributed by atoms with Crippen LogP contribution in [-0.4, -0.2) is 69.8 Å². The van der Waals surface area contributed by atoms with Gasteiger partial charge >= 0.3 is 0 Å². The lowest BCUT2D eigenvalue weighted by Gasteiger charge is -2.24. The average molecular weight is 447 g/mol. The number of nitrogens with zero attached hydrogens (tertiary/aromatic N) is 3. The number of β-amino-alcohol motifs (C(OH)–C–C–N with tert-alkyl or cyclic N) is 1. The second-order valence-corrected chi connectivity index (χ2v) is 8.47. The molecule has 2 heterocycles. The number of fused-ring (bicyclic) bond motifs is 1. The maximum absolute atomic E-state index is 13.2. The van der Waals surface area contributed by atoms with E-state index in [1.165, 1.54) is 23.2 Å². The molecule has 1 aromatic heterocycles. The molecule has 2 amide bonds.